The highest BCUT2D eigenvalue weighted by Gasteiger charge is 2.30. The van der Waals surface area contributed by atoms with Gasteiger partial charge in [-0.15, -0.1) is 0 Å². The zero-order chi connectivity index (χ0) is 14.7. The van der Waals surface area contributed by atoms with Crippen LogP contribution in [0.5, 0.6) is 0 Å². The van der Waals surface area contributed by atoms with Gasteiger partial charge in [-0.1, -0.05) is 20.8 Å². The molecular weight excluding hydrogens is 248 g/mol. The minimum absolute atomic E-state index is 0.207. The van der Waals surface area contributed by atoms with E-state index in [2.05, 4.69) is 42.6 Å². The summed E-state index contributed by atoms with van der Waals surface area (Å²) in [5.74, 6) is 2.26. The van der Waals surface area contributed by atoms with Gasteiger partial charge >= 0.3 is 0 Å². The van der Waals surface area contributed by atoms with E-state index in [9.17, 15) is 0 Å². The van der Waals surface area contributed by atoms with Gasteiger partial charge in [0.25, 0.3) is 0 Å². The van der Waals surface area contributed by atoms with Gasteiger partial charge in [-0.3, -0.25) is 0 Å². The molecule has 1 aliphatic heterocycles. The van der Waals surface area contributed by atoms with Gasteiger partial charge in [0.1, 0.15) is 0 Å². The molecule has 4 unspecified atom stereocenters. The monoisotopic (exact) mass is 276 g/mol. The average molecular weight is 276 g/mol. The summed E-state index contributed by atoms with van der Waals surface area (Å²) in [5.41, 5.74) is 7.11. The minimum Gasteiger partial charge on any atom is -0.338 e. The molecule has 0 bridgehead atoms. The molecule has 1 aliphatic rings. The van der Waals surface area contributed by atoms with Gasteiger partial charge < -0.3 is 10.6 Å². The second-order valence-electron chi connectivity index (χ2n) is 6.47. The van der Waals surface area contributed by atoms with Crippen molar-refractivity contribution in [2.45, 2.75) is 59.0 Å². The van der Waals surface area contributed by atoms with Crippen LogP contribution in [-0.2, 0) is 6.42 Å². The fourth-order valence-electron chi connectivity index (χ4n) is 3.03. The van der Waals surface area contributed by atoms with Crippen LogP contribution in [0.25, 0.3) is 0 Å². The van der Waals surface area contributed by atoms with Crippen LogP contribution in [0.15, 0.2) is 12.4 Å². The summed E-state index contributed by atoms with van der Waals surface area (Å²) in [4.78, 5) is 11.5. The highest BCUT2D eigenvalue weighted by atomic mass is 15.3. The van der Waals surface area contributed by atoms with E-state index < -0.39 is 0 Å². The number of aromatic nitrogens is 2. The molecule has 2 heterocycles. The first kappa shape index (κ1) is 15.2. The van der Waals surface area contributed by atoms with Gasteiger partial charge in [0.05, 0.1) is 0 Å². The van der Waals surface area contributed by atoms with Gasteiger partial charge in [0, 0.05) is 31.0 Å². The standard InChI is InChI=1S/C16H28N4/c1-5-15(17)7-14-8-18-16(19-9-14)20-10-11(2)6-12(3)13(20)4/h8-9,11-13,15H,5-7,10,17H2,1-4H3. The van der Waals surface area contributed by atoms with Crippen LogP contribution in [0.4, 0.5) is 5.95 Å². The molecule has 0 aromatic carbocycles. The van der Waals surface area contributed by atoms with Crippen LogP contribution >= 0.6 is 0 Å². The molecular formula is C16H28N4. The average Bonchev–Trinajstić information content (AvgIpc) is 2.43. The highest BCUT2D eigenvalue weighted by molar-refractivity contribution is 5.33. The van der Waals surface area contributed by atoms with Crippen LogP contribution in [0, 0.1) is 11.8 Å². The largest absolute Gasteiger partial charge is 0.338 e. The molecule has 4 nitrogen and oxygen atoms in total. The molecule has 1 fully saturated rings. The lowest BCUT2D eigenvalue weighted by atomic mass is 9.86. The first-order valence-corrected chi connectivity index (χ1v) is 7.84. The summed E-state index contributed by atoms with van der Waals surface area (Å²) in [6.07, 6.45) is 7.02. The molecule has 0 aliphatic carbocycles. The van der Waals surface area contributed by atoms with Crippen molar-refractivity contribution in [2.24, 2.45) is 17.6 Å². The van der Waals surface area contributed by atoms with Crippen molar-refractivity contribution >= 4 is 5.95 Å². The summed E-state index contributed by atoms with van der Waals surface area (Å²) in [6, 6.07) is 0.716. The first-order chi connectivity index (χ1) is 9.51. The molecule has 1 saturated heterocycles. The third-order valence-corrected chi connectivity index (χ3v) is 4.57. The van der Waals surface area contributed by atoms with E-state index in [1.165, 1.54) is 6.42 Å². The molecule has 1 aromatic heterocycles. The summed E-state index contributed by atoms with van der Waals surface area (Å²) in [5, 5.41) is 0. The molecule has 20 heavy (non-hydrogen) atoms. The van der Waals surface area contributed by atoms with Crippen LogP contribution in [0.3, 0.4) is 0 Å². The second-order valence-corrected chi connectivity index (χ2v) is 6.47. The Morgan fingerprint density at radius 1 is 1.30 bits per heavy atom. The van der Waals surface area contributed by atoms with Crippen molar-refractivity contribution in [1.82, 2.24) is 9.97 Å². The van der Waals surface area contributed by atoms with Crippen molar-refractivity contribution in [3.8, 4) is 0 Å². The molecule has 4 atom stereocenters. The molecule has 0 amide bonds. The maximum Gasteiger partial charge on any atom is 0.225 e. The minimum atomic E-state index is 0.207. The molecule has 0 spiro atoms. The number of rotatable bonds is 4. The van der Waals surface area contributed by atoms with E-state index in [4.69, 9.17) is 5.73 Å². The number of hydrogen-bond acceptors (Lipinski definition) is 4. The van der Waals surface area contributed by atoms with Gasteiger partial charge in [-0.25, -0.2) is 9.97 Å². The van der Waals surface area contributed by atoms with Gasteiger partial charge in [0.15, 0.2) is 0 Å². The zero-order valence-corrected chi connectivity index (χ0v) is 13.2. The Kier molecular flexibility index (Phi) is 4.97. The lowest BCUT2D eigenvalue weighted by Crippen LogP contribution is -2.46. The van der Waals surface area contributed by atoms with Crippen molar-refractivity contribution in [1.29, 1.82) is 0 Å². The lowest BCUT2D eigenvalue weighted by molar-refractivity contribution is 0.293. The summed E-state index contributed by atoms with van der Waals surface area (Å²) >= 11 is 0. The summed E-state index contributed by atoms with van der Waals surface area (Å²) in [7, 11) is 0. The van der Waals surface area contributed by atoms with E-state index in [0.29, 0.717) is 17.9 Å². The fraction of sp³-hybridized carbons (Fsp3) is 0.750. The van der Waals surface area contributed by atoms with Crippen LogP contribution in [0.2, 0.25) is 0 Å². The van der Waals surface area contributed by atoms with Crippen molar-refractivity contribution < 1.29 is 0 Å². The Bertz CT molecular complexity index is 417. The number of nitrogens with two attached hydrogens (primary N) is 1. The molecule has 0 saturated carbocycles. The number of hydrogen-bond donors (Lipinski definition) is 1. The molecule has 4 heteroatoms. The van der Waals surface area contributed by atoms with E-state index in [0.717, 1.165) is 30.9 Å². The van der Waals surface area contributed by atoms with Gasteiger partial charge in [0.2, 0.25) is 5.95 Å². The van der Waals surface area contributed by atoms with E-state index in [1.54, 1.807) is 0 Å². The van der Waals surface area contributed by atoms with Crippen LogP contribution < -0.4 is 10.6 Å². The Morgan fingerprint density at radius 2 is 1.95 bits per heavy atom. The van der Waals surface area contributed by atoms with Gasteiger partial charge in [-0.2, -0.15) is 0 Å². The van der Waals surface area contributed by atoms with E-state index in [-0.39, 0.29) is 6.04 Å². The number of anilines is 1. The Morgan fingerprint density at radius 3 is 2.55 bits per heavy atom. The van der Waals surface area contributed by atoms with E-state index in [1.807, 2.05) is 12.4 Å². The fourth-order valence-corrected chi connectivity index (χ4v) is 3.03. The van der Waals surface area contributed by atoms with Crippen LogP contribution in [-0.4, -0.2) is 28.6 Å². The Hall–Kier alpha value is -1.16. The zero-order valence-electron chi connectivity index (χ0n) is 13.2. The normalized spacial score (nSPS) is 28.4. The van der Waals surface area contributed by atoms with E-state index >= 15 is 0 Å². The first-order valence-electron chi connectivity index (χ1n) is 7.84. The lowest BCUT2D eigenvalue weighted by Gasteiger charge is -2.41. The predicted molar refractivity (Wildman–Crippen MR) is 83.8 cm³/mol. The molecule has 2 N–H and O–H groups in total. The van der Waals surface area contributed by atoms with Crippen molar-refractivity contribution in [3.63, 3.8) is 0 Å². The smallest absolute Gasteiger partial charge is 0.225 e. The van der Waals surface area contributed by atoms with Crippen molar-refractivity contribution in [3.05, 3.63) is 18.0 Å². The topological polar surface area (TPSA) is 55.0 Å². The number of nitrogens with zero attached hydrogens (tertiary/aromatic N) is 3. The summed E-state index contributed by atoms with van der Waals surface area (Å²) in [6.45, 7) is 10.1. The quantitative estimate of drug-likeness (QED) is 0.918. The van der Waals surface area contributed by atoms with Gasteiger partial charge in [-0.05, 0) is 43.6 Å². The third-order valence-electron chi connectivity index (χ3n) is 4.57. The van der Waals surface area contributed by atoms with Crippen molar-refractivity contribution in [2.75, 3.05) is 11.4 Å². The molecule has 112 valence electrons. The Labute approximate surface area is 122 Å². The maximum atomic E-state index is 5.98. The molecule has 2 rings (SSSR count). The van der Waals surface area contributed by atoms with Crippen LogP contribution in [0.1, 0.15) is 46.1 Å². The predicted octanol–water partition coefficient (Wildman–Crippen LogP) is 2.63. The summed E-state index contributed by atoms with van der Waals surface area (Å²) < 4.78 is 0. The maximum absolute atomic E-state index is 5.98. The number of piperidine rings is 1. The Balaban J connectivity index is 2.08. The SMILES string of the molecule is CCC(N)Cc1cnc(N2CC(C)CC(C)C2C)nc1. The molecule has 1 aromatic rings. The molecule has 0 radical (unpaired) electrons. The third kappa shape index (κ3) is 3.48. The second kappa shape index (κ2) is 6.53. The highest BCUT2D eigenvalue weighted by Crippen LogP contribution is 2.29.